The molecule has 1 aromatic carbocycles. The Labute approximate surface area is 81.1 Å². The van der Waals surface area contributed by atoms with Gasteiger partial charge in [-0.1, -0.05) is 22.0 Å². The summed E-state index contributed by atoms with van der Waals surface area (Å²) in [7, 11) is 0. The number of rotatable bonds is 1. The third kappa shape index (κ3) is 1.29. The van der Waals surface area contributed by atoms with Gasteiger partial charge in [-0.15, -0.1) is 0 Å². The van der Waals surface area contributed by atoms with E-state index in [-0.39, 0.29) is 0 Å². The van der Waals surface area contributed by atoms with Crippen LogP contribution in [0, 0.1) is 0 Å². The van der Waals surface area contributed by atoms with E-state index in [1.165, 1.54) is 28.4 Å². The summed E-state index contributed by atoms with van der Waals surface area (Å²) in [6.45, 7) is 0.786. The van der Waals surface area contributed by atoms with Crippen molar-refractivity contribution in [2.75, 3.05) is 6.54 Å². The van der Waals surface area contributed by atoms with Gasteiger partial charge in [-0.25, -0.2) is 0 Å². The Bertz CT molecular complexity index is 296. The molecule has 1 aliphatic carbocycles. The van der Waals surface area contributed by atoms with E-state index < -0.39 is 0 Å². The van der Waals surface area contributed by atoms with Gasteiger partial charge in [0.1, 0.15) is 0 Å². The summed E-state index contributed by atoms with van der Waals surface area (Å²) < 4.78 is 1.18. The van der Waals surface area contributed by atoms with Crippen molar-refractivity contribution in [2.24, 2.45) is 5.73 Å². The van der Waals surface area contributed by atoms with Crippen LogP contribution in [-0.2, 0) is 6.42 Å². The number of aryl methyl sites for hydroxylation is 1. The molecule has 0 spiro atoms. The monoisotopic (exact) mass is 225 g/mol. The molecule has 0 amide bonds. The fourth-order valence-electron chi connectivity index (χ4n) is 1.92. The molecule has 0 aliphatic heterocycles. The summed E-state index contributed by atoms with van der Waals surface area (Å²) in [6.07, 6.45) is 2.42. The molecule has 2 N–H and O–H groups in total. The van der Waals surface area contributed by atoms with Crippen LogP contribution in [0.15, 0.2) is 22.7 Å². The second-order valence-electron chi connectivity index (χ2n) is 3.31. The molecule has 0 saturated heterocycles. The van der Waals surface area contributed by atoms with Crippen molar-refractivity contribution in [3.05, 3.63) is 33.8 Å². The van der Waals surface area contributed by atoms with Crippen LogP contribution in [0.2, 0.25) is 0 Å². The Morgan fingerprint density at radius 2 is 2.33 bits per heavy atom. The molecule has 1 aliphatic rings. The summed E-state index contributed by atoms with van der Waals surface area (Å²) in [5.74, 6) is 0.605. The number of hydrogen-bond donors (Lipinski definition) is 1. The van der Waals surface area contributed by atoms with Crippen molar-refractivity contribution >= 4 is 15.9 Å². The Hall–Kier alpha value is -0.340. The zero-order chi connectivity index (χ0) is 8.55. The van der Waals surface area contributed by atoms with E-state index in [2.05, 4.69) is 34.1 Å². The molecule has 0 heterocycles. The molecule has 2 rings (SSSR count). The van der Waals surface area contributed by atoms with Crippen molar-refractivity contribution in [1.82, 2.24) is 0 Å². The van der Waals surface area contributed by atoms with E-state index in [0.29, 0.717) is 5.92 Å². The van der Waals surface area contributed by atoms with Crippen LogP contribution in [0.4, 0.5) is 0 Å². The zero-order valence-electron chi connectivity index (χ0n) is 6.89. The van der Waals surface area contributed by atoms with E-state index in [9.17, 15) is 0 Å². The normalized spacial score (nSPS) is 21.0. The van der Waals surface area contributed by atoms with Gasteiger partial charge in [0.25, 0.3) is 0 Å². The fourth-order valence-corrected chi connectivity index (χ4v) is 2.33. The van der Waals surface area contributed by atoms with Crippen LogP contribution >= 0.6 is 15.9 Å². The van der Waals surface area contributed by atoms with Crippen LogP contribution in [-0.4, -0.2) is 6.54 Å². The van der Waals surface area contributed by atoms with Crippen molar-refractivity contribution in [1.29, 1.82) is 0 Å². The Balaban J connectivity index is 2.40. The first kappa shape index (κ1) is 8.27. The maximum atomic E-state index is 5.67. The van der Waals surface area contributed by atoms with Crippen molar-refractivity contribution in [2.45, 2.75) is 18.8 Å². The van der Waals surface area contributed by atoms with Gasteiger partial charge in [0.2, 0.25) is 0 Å². The number of hydrogen-bond acceptors (Lipinski definition) is 1. The molecule has 12 heavy (non-hydrogen) atoms. The van der Waals surface area contributed by atoms with Gasteiger partial charge in [0.05, 0.1) is 0 Å². The third-order valence-corrected chi connectivity index (χ3v) is 3.08. The summed E-state index contributed by atoms with van der Waals surface area (Å²) in [5.41, 5.74) is 8.61. The SMILES string of the molecule is NCC1CCc2cc(Br)ccc21. The van der Waals surface area contributed by atoms with Gasteiger partial charge >= 0.3 is 0 Å². The second kappa shape index (κ2) is 3.19. The smallest absolute Gasteiger partial charge is 0.0178 e. The average Bonchev–Trinajstić information content (AvgIpc) is 2.46. The van der Waals surface area contributed by atoms with Crippen LogP contribution in [0.3, 0.4) is 0 Å². The van der Waals surface area contributed by atoms with Crippen LogP contribution < -0.4 is 5.73 Å². The molecular weight excluding hydrogens is 214 g/mol. The molecule has 1 unspecified atom stereocenters. The van der Waals surface area contributed by atoms with Crippen LogP contribution in [0.1, 0.15) is 23.5 Å². The highest BCUT2D eigenvalue weighted by Crippen LogP contribution is 2.33. The lowest BCUT2D eigenvalue weighted by molar-refractivity contribution is 0.688. The van der Waals surface area contributed by atoms with Gasteiger partial charge in [-0.3, -0.25) is 0 Å². The molecule has 64 valence electrons. The van der Waals surface area contributed by atoms with Gasteiger partial charge < -0.3 is 5.73 Å². The minimum absolute atomic E-state index is 0.605. The summed E-state index contributed by atoms with van der Waals surface area (Å²) in [4.78, 5) is 0. The first-order valence-electron chi connectivity index (χ1n) is 4.29. The lowest BCUT2D eigenvalue weighted by Crippen LogP contribution is -2.08. The molecule has 0 bridgehead atoms. The molecule has 0 saturated carbocycles. The maximum absolute atomic E-state index is 5.67. The predicted octanol–water partition coefficient (Wildman–Crippen LogP) is 2.44. The van der Waals surface area contributed by atoms with Gasteiger partial charge in [0.15, 0.2) is 0 Å². The summed E-state index contributed by atoms with van der Waals surface area (Å²) in [6, 6.07) is 6.52. The second-order valence-corrected chi connectivity index (χ2v) is 4.23. The van der Waals surface area contributed by atoms with Crippen LogP contribution in [0.25, 0.3) is 0 Å². The highest BCUT2D eigenvalue weighted by atomic mass is 79.9. The molecule has 1 aromatic rings. The van der Waals surface area contributed by atoms with Crippen LogP contribution in [0.5, 0.6) is 0 Å². The maximum Gasteiger partial charge on any atom is 0.0178 e. The molecule has 2 heteroatoms. The number of fused-ring (bicyclic) bond motifs is 1. The molecule has 1 atom stereocenters. The first-order valence-corrected chi connectivity index (χ1v) is 5.09. The number of nitrogens with two attached hydrogens (primary N) is 1. The number of benzene rings is 1. The molecule has 0 radical (unpaired) electrons. The predicted molar refractivity (Wildman–Crippen MR) is 54.3 cm³/mol. The standard InChI is InChI=1S/C10H12BrN/c11-9-3-4-10-7(5-9)1-2-8(10)6-12/h3-5,8H,1-2,6,12H2. The Kier molecular flexibility index (Phi) is 2.20. The first-order chi connectivity index (χ1) is 5.81. The lowest BCUT2D eigenvalue weighted by Gasteiger charge is -2.07. The lowest BCUT2D eigenvalue weighted by atomic mass is 10.0. The molecule has 0 fully saturated rings. The third-order valence-electron chi connectivity index (χ3n) is 2.59. The fraction of sp³-hybridized carbons (Fsp3) is 0.400. The molecule has 0 aromatic heterocycles. The van der Waals surface area contributed by atoms with E-state index in [1.807, 2.05) is 0 Å². The van der Waals surface area contributed by atoms with Crippen molar-refractivity contribution in [3.8, 4) is 0 Å². The quantitative estimate of drug-likeness (QED) is 0.781. The highest BCUT2D eigenvalue weighted by Gasteiger charge is 2.20. The summed E-state index contributed by atoms with van der Waals surface area (Å²) in [5, 5.41) is 0. The van der Waals surface area contributed by atoms with Gasteiger partial charge in [0, 0.05) is 4.47 Å². The molecule has 1 nitrogen and oxygen atoms in total. The van der Waals surface area contributed by atoms with E-state index >= 15 is 0 Å². The Morgan fingerprint density at radius 3 is 3.08 bits per heavy atom. The zero-order valence-corrected chi connectivity index (χ0v) is 8.47. The Morgan fingerprint density at radius 1 is 1.50 bits per heavy atom. The van der Waals surface area contributed by atoms with Crippen molar-refractivity contribution < 1.29 is 0 Å². The minimum Gasteiger partial charge on any atom is -0.330 e. The highest BCUT2D eigenvalue weighted by molar-refractivity contribution is 9.10. The molecular formula is C10H12BrN. The topological polar surface area (TPSA) is 26.0 Å². The average molecular weight is 226 g/mol. The van der Waals surface area contributed by atoms with E-state index in [4.69, 9.17) is 5.73 Å². The largest absolute Gasteiger partial charge is 0.330 e. The van der Waals surface area contributed by atoms with Gasteiger partial charge in [-0.05, 0) is 48.6 Å². The number of halogens is 1. The van der Waals surface area contributed by atoms with Crippen molar-refractivity contribution in [3.63, 3.8) is 0 Å². The summed E-state index contributed by atoms with van der Waals surface area (Å²) >= 11 is 3.48. The van der Waals surface area contributed by atoms with E-state index in [0.717, 1.165) is 6.54 Å². The van der Waals surface area contributed by atoms with E-state index in [1.54, 1.807) is 0 Å². The minimum atomic E-state index is 0.605. The van der Waals surface area contributed by atoms with Gasteiger partial charge in [-0.2, -0.15) is 0 Å².